The number of hydrogen-bond donors (Lipinski definition) is 2. The minimum Gasteiger partial charge on any atom is -0.481 e. The SMILES string of the molecule is CC(C)NC(=O)CCCC(=O)N1C[C@@H](C(F)(F)F)[C@H](C(=O)O)C1. The summed E-state index contributed by atoms with van der Waals surface area (Å²) < 4.78 is 38.5. The van der Waals surface area contributed by atoms with Crippen LogP contribution in [0.1, 0.15) is 33.1 Å². The molecule has 9 heteroatoms. The molecule has 1 fully saturated rings. The molecular weight excluding hydrogens is 317 g/mol. The number of aliphatic carboxylic acids is 1. The smallest absolute Gasteiger partial charge is 0.394 e. The van der Waals surface area contributed by atoms with Crippen molar-refractivity contribution in [1.29, 1.82) is 0 Å². The topological polar surface area (TPSA) is 86.7 Å². The van der Waals surface area contributed by atoms with E-state index in [1.807, 2.05) is 0 Å². The van der Waals surface area contributed by atoms with Crippen molar-refractivity contribution in [3.05, 3.63) is 0 Å². The number of carboxylic acid groups (broad SMARTS) is 1. The van der Waals surface area contributed by atoms with Gasteiger partial charge in [0.2, 0.25) is 11.8 Å². The zero-order chi connectivity index (χ0) is 17.8. The lowest BCUT2D eigenvalue weighted by Crippen LogP contribution is -2.34. The second-order valence-corrected chi connectivity index (χ2v) is 5.97. The highest BCUT2D eigenvalue weighted by molar-refractivity contribution is 5.80. The molecule has 6 nitrogen and oxygen atoms in total. The van der Waals surface area contributed by atoms with Crippen molar-refractivity contribution in [1.82, 2.24) is 10.2 Å². The maximum Gasteiger partial charge on any atom is 0.394 e. The van der Waals surface area contributed by atoms with Crippen molar-refractivity contribution in [2.75, 3.05) is 13.1 Å². The molecule has 1 aliphatic rings. The molecule has 0 radical (unpaired) electrons. The van der Waals surface area contributed by atoms with E-state index in [1.54, 1.807) is 13.8 Å². The van der Waals surface area contributed by atoms with Crippen molar-refractivity contribution in [2.45, 2.75) is 45.3 Å². The molecule has 1 rings (SSSR count). The Morgan fingerprint density at radius 1 is 1.22 bits per heavy atom. The fourth-order valence-electron chi connectivity index (χ4n) is 2.54. The van der Waals surface area contributed by atoms with Gasteiger partial charge in [0.05, 0.1) is 11.8 Å². The maximum absolute atomic E-state index is 12.8. The number of rotatable bonds is 6. The van der Waals surface area contributed by atoms with E-state index in [0.717, 1.165) is 4.90 Å². The summed E-state index contributed by atoms with van der Waals surface area (Å²) >= 11 is 0. The van der Waals surface area contributed by atoms with Crippen molar-refractivity contribution in [3.8, 4) is 0 Å². The summed E-state index contributed by atoms with van der Waals surface area (Å²) in [6.45, 7) is 2.49. The lowest BCUT2D eigenvalue weighted by atomic mass is 9.96. The van der Waals surface area contributed by atoms with Gasteiger partial charge in [0.1, 0.15) is 0 Å². The average molecular weight is 338 g/mol. The zero-order valence-electron chi connectivity index (χ0n) is 13.0. The summed E-state index contributed by atoms with van der Waals surface area (Å²) in [7, 11) is 0. The first kappa shape index (κ1) is 19.2. The van der Waals surface area contributed by atoms with Crippen LogP contribution in [-0.4, -0.2) is 53.1 Å². The summed E-state index contributed by atoms with van der Waals surface area (Å²) in [5.74, 6) is -6.03. The Bertz CT molecular complexity index is 465. The molecule has 0 aromatic heterocycles. The Hall–Kier alpha value is -1.80. The largest absolute Gasteiger partial charge is 0.481 e. The molecule has 2 amide bonds. The van der Waals surface area contributed by atoms with E-state index in [2.05, 4.69) is 5.32 Å². The molecule has 0 bridgehead atoms. The minimum absolute atomic E-state index is 0.0272. The van der Waals surface area contributed by atoms with E-state index in [-0.39, 0.29) is 31.2 Å². The quantitative estimate of drug-likeness (QED) is 0.766. The number of nitrogens with one attached hydrogen (secondary N) is 1. The van der Waals surface area contributed by atoms with Gasteiger partial charge in [0, 0.05) is 32.0 Å². The number of amides is 2. The van der Waals surface area contributed by atoms with Gasteiger partial charge in [-0.3, -0.25) is 14.4 Å². The molecule has 0 unspecified atom stereocenters. The van der Waals surface area contributed by atoms with Crippen LogP contribution in [0, 0.1) is 11.8 Å². The second kappa shape index (κ2) is 7.65. The molecule has 0 aliphatic carbocycles. The van der Waals surface area contributed by atoms with Crippen LogP contribution in [-0.2, 0) is 14.4 Å². The van der Waals surface area contributed by atoms with Crippen LogP contribution in [0.15, 0.2) is 0 Å². The lowest BCUT2D eigenvalue weighted by molar-refractivity contribution is -0.188. The first-order chi connectivity index (χ1) is 10.5. The van der Waals surface area contributed by atoms with Crippen molar-refractivity contribution in [2.24, 2.45) is 11.8 Å². The average Bonchev–Trinajstić information content (AvgIpc) is 2.82. The summed E-state index contributed by atoms with van der Waals surface area (Å²) in [6.07, 6.45) is -4.43. The standard InChI is InChI=1S/C14H21F3N2O4/c1-8(2)18-11(20)4-3-5-12(21)19-6-9(13(22)23)10(7-19)14(15,16)17/h8-10H,3-7H2,1-2H3,(H,18,20)(H,22,23)/t9-,10-/m1/s1. The first-order valence-electron chi connectivity index (χ1n) is 7.39. The Morgan fingerprint density at radius 3 is 2.26 bits per heavy atom. The first-order valence-corrected chi connectivity index (χ1v) is 7.39. The van der Waals surface area contributed by atoms with Gasteiger partial charge < -0.3 is 15.3 Å². The molecule has 1 heterocycles. The molecule has 0 aromatic rings. The summed E-state index contributed by atoms with van der Waals surface area (Å²) in [6, 6.07) is -0.0272. The molecule has 132 valence electrons. The van der Waals surface area contributed by atoms with Gasteiger partial charge in [-0.1, -0.05) is 0 Å². The van der Waals surface area contributed by atoms with Crippen LogP contribution in [0.5, 0.6) is 0 Å². The van der Waals surface area contributed by atoms with Gasteiger partial charge in [0.15, 0.2) is 0 Å². The predicted molar refractivity (Wildman–Crippen MR) is 74.4 cm³/mol. The number of hydrogen-bond acceptors (Lipinski definition) is 3. The molecule has 23 heavy (non-hydrogen) atoms. The fourth-order valence-corrected chi connectivity index (χ4v) is 2.54. The van der Waals surface area contributed by atoms with Crippen LogP contribution in [0.25, 0.3) is 0 Å². The Morgan fingerprint density at radius 2 is 1.83 bits per heavy atom. The monoisotopic (exact) mass is 338 g/mol. The van der Waals surface area contributed by atoms with Gasteiger partial charge >= 0.3 is 12.1 Å². The van der Waals surface area contributed by atoms with E-state index in [4.69, 9.17) is 5.11 Å². The van der Waals surface area contributed by atoms with E-state index in [1.165, 1.54) is 0 Å². The van der Waals surface area contributed by atoms with Crippen molar-refractivity contribution < 1.29 is 32.7 Å². The number of carbonyl (C=O) groups excluding carboxylic acids is 2. The van der Waals surface area contributed by atoms with Crippen LogP contribution in [0.2, 0.25) is 0 Å². The highest BCUT2D eigenvalue weighted by Crippen LogP contribution is 2.37. The van der Waals surface area contributed by atoms with E-state index in [0.29, 0.717) is 0 Å². The van der Waals surface area contributed by atoms with E-state index in [9.17, 15) is 27.6 Å². The van der Waals surface area contributed by atoms with Crippen LogP contribution in [0.4, 0.5) is 13.2 Å². The molecule has 0 spiro atoms. The van der Waals surface area contributed by atoms with E-state index >= 15 is 0 Å². The molecule has 2 atom stereocenters. The lowest BCUT2D eigenvalue weighted by Gasteiger charge is -2.18. The third kappa shape index (κ3) is 5.72. The number of nitrogens with zero attached hydrogens (tertiary/aromatic N) is 1. The highest BCUT2D eigenvalue weighted by Gasteiger charge is 2.53. The minimum atomic E-state index is -4.66. The summed E-state index contributed by atoms with van der Waals surface area (Å²) in [5, 5.41) is 11.5. The van der Waals surface area contributed by atoms with Gasteiger partial charge in [0.25, 0.3) is 0 Å². The molecular formula is C14H21F3N2O4. The highest BCUT2D eigenvalue weighted by atomic mass is 19.4. The number of carboxylic acids is 1. The zero-order valence-corrected chi connectivity index (χ0v) is 13.0. The van der Waals surface area contributed by atoms with Crippen molar-refractivity contribution in [3.63, 3.8) is 0 Å². The molecule has 1 saturated heterocycles. The molecule has 2 N–H and O–H groups in total. The fraction of sp³-hybridized carbons (Fsp3) is 0.786. The van der Waals surface area contributed by atoms with Gasteiger partial charge in [-0.05, 0) is 20.3 Å². The second-order valence-electron chi connectivity index (χ2n) is 5.97. The number of alkyl halides is 3. The number of carbonyl (C=O) groups is 3. The van der Waals surface area contributed by atoms with Gasteiger partial charge in [-0.2, -0.15) is 13.2 Å². The van der Waals surface area contributed by atoms with Crippen LogP contribution >= 0.6 is 0 Å². The van der Waals surface area contributed by atoms with E-state index < -0.39 is 43.0 Å². The molecule has 0 aromatic carbocycles. The van der Waals surface area contributed by atoms with Gasteiger partial charge in [-0.25, -0.2) is 0 Å². The molecule has 1 aliphatic heterocycles. The Kier molecular flexibility index (Phi) is 6.40. The number of likely N-dealkylation sites (tertiary alicyclic amines) is 1. The summed E-state index contributed by atoms with van der Waals surface area (Å²) in [4.78, 5) is 35.2. The Balaban J connectivity index is 2.51. The van der Waals surface area contributed by atoms with Crippen LogP contribution in [0.3, 0.4) is 0 Å². The van der Waals surface area contributed by atoms with Gasteiger partial charge in [-0.15, -0.1) is 0 Å². The number of halogens is 3. The third-order valence-electron chi connectivity index (χ3n) is 3.65. The normalized spacial score (nSPS) is 21.6. The molecule has 0 saturated carbocycles. The van der Waals surface area contributed by atoms with Crippen LogP contribution < -0.4 is 5.32 Å². The predicted octanol–water partition coefficient (Wildman–Crippen LogP) is 1.40. The van der Waals surface area contributed by atoms with Crippen molar-refractivity contribution >= 4 is 17.8 Å². The third-order valence-corrected chi connectivity index (χ3v) is 3.65. The summed E-state index contributed by atoms with van der Waals surface area (Å²) in [5.41, 5.74) is 0. The maximum atomic E-state index is 12.8. The Labute approximate surface area is 132 Å².